The Hall–Kier alpha value is -3.05. The predicted octanol–water partition coefficient (Wildman–Crippen LogP) is 3.45. The van der Waals surface area contributed by atoms with Gasteiger partial charge in [-0.05, 0) is 42.3 Å². The molecule has 0 saturated heterocycles. The van der Waals surface area contributed by atoms with Gasteiger partial charge in [0.25, 0.3) is 0 Å². The first-order chi connectivity index (χ1) is 15.1. The Morgan fingerprint density at radius 2 is 1.88 bits per heavy atom. The highest BCUT2D eigenvalue weighted by molar-refractivity contribution is 7.12. The van der Waals surface area contributed by atoms with Crippen LogP contribution < -0.4 is 16.3 Å². The van der Waals surface area contributed by atoms with Gasteiger partial charge in [-0.3, -0.25) is 4.57 Å². The summed E-state index contributed by atoms with van der Waals surface area (Å²) in [4.78, 5) is 22.4. The highest BCUT2D eigenvalue weighted by atomic mass is 32.1. The lowest BCUT2D eigenvalue weighted by atomic mass is 9.95. The zero-order valence-electron chi connectivity index (χ0n) is 16.9. The standard InChI is InChI=1S/C21H19F4N5OS/c1-12-27-19(28-20(31)30(12)10-15-6-7-18(32-15)21(23,24)25)29-9-8-16(17(26)11-29)13-2-4-14(22)5-3-13/h2-8,17H,9-11,26H2,1H3/t17-/m0/s1. The summed E-state index contributed by atoms with van der Waals surface area (Å²) in [6.45, 7) is 2.32. The van der Waals surface area contributed by atoms with E-state index in [1.54, 1.807) is 24.0 Å². The van der Waals surface area contributed by atoms with Crippen LogP contribution in [0.1, 0.15) is 21.1 Å². The minimum absolute atomic E-state index is 0.0418. The third kappa shape index (κ3) is 4.58. The maximum absolute atomic E-state index is 13.2. The lowest BCUT2D eigenvalue weighted by Gasteiger charge is -2.31. The molecule has 6 nitrogen and oxygen atoms in total. The number of hydrogen-bond acceptors (Lipinski definition) is 6. The van der Waals surface area contributed by atoms with Gasteiger partial charge in [-0.15, -0.1) is 11.3 Å². The van der Waals surface area contributed by atoms with E-state index in [9.17, 15) is 22.4 Å². The molecule has 0 aliphatic carbocycles. The molecule has 0 saturated carbocycles. The van der Waals surface area contributed by atoms with Gasteiger partial charge in [-0.1, -0.05) is 18.2 Å². The fourth-order valence-corrected chi connectivity index (χ4v) is 4.38. The lowest BCUT2D eigenvalue weighted by Crippen LogP contribution is -2.44. The maximum atomic E-state index is 13.2. The molecule has 32 heavy (non-hydrogen) atoms. The Labute approximate surface area is 184 Å². The number of aryl methyl sites for hydroxylation is 1. The Morgan fingerprint density at radius 3 is 2.47 bits per heavy atom. The van der Waals surface area contributed by atoms with Gasteiger partial charge in [0.15, 0.2) is 0 Å². The molecule has 0 radical (unpaired) electrons. The SMILES string of the molecule is Cc1nc(N2CC=C(c3ccc(F)cc3)[C@@H](N)C2)nc(=O)n1Cc1ccc(C(F)(F)F)s1. The van der Waals surface area contributed by atoms with Gasteiger partial charge < -0.3 is 10.6 Å². The summed E-state index contributed by atoms with van der Waals surface area (Å²) < 4.78 is 52.9. The number of hydrogen-bond donors (Lipinski definition) is 1. The minimum atomic E-state index is -4.42. The fourth-order valence-electron chi connectivity index (χ4n) is 3.52. The van der Waals surface area contributed by atoms with Gasteiger partial charge in [-0.25, -0.2) is 9.18 Å². The summed E-state index contributed by atoms with van der Waals surface area (Å²) in [5.41, 5.74) is 7.37. The van der Waals surface area contributed by atoms with Crippen molar-refractivity contribution in [2.24, 2.45) is 5.73 Å². The number of anilines is 1. The summed E-state index contributed by atoms with van der Waals surface area (Å²) in [6, 6.07) is 8.00. The van der Waals surface area contributed by atoms with Gasteiger partial charge in [0.05, 0.1) is 6.54 Å². The molecule has 1 aliphatic rings. The molecular formula is C21H19F4N5OS. The van der Waals surface area contributed by atoms with Gasteiger partial charge in [0.2, 0.25) is 5.95 Å². The van der Waals surface area contributed by atoms with E-state index in [0.29, 0.717) is 35.1 Å². The molecule has 1 aromatic carbocycles. The third-order valence-corrected chi connectivity index (χ3v) is 6.26. The molecule has 11 heteroatoms. The van der Waals surface area contributed by atoms with Crippen LogP contribution in [0.3, 0.4) is 0 Å². The zero-order chi connectivity index (χ0) is 23.0. The Bertz CT molecular complexity index is 1220. The van der Waals surface area contributed by atoms with Crippen molar-refractivity contribution in [3.8, 4) is 0 Å². The van der Waals surface area contributed by atoms with Gasteiger partial charge >= 0.3 is 11.9 Å². The van der Waals surface area contributed by atoms with E-state index in [4.69, 9.17) is 5.73 Å². The summed E-state index contributed by atoms with van der Waals surface area (Å²) in [5, 5.41) is 0. The van der Waals surface area contributed by atoms with E-state index in [1.165, 1.54) is 22.8 Å². The first kappa shape index (κ1) is 22.2. The van der Waals surface area contributed by atoms with Crippen molar-refractivity contribution in [1.82, 2.24) is 14.5 Å². The molecule has 2 aromatic heterocycles. The van der Waals surface area contributed by atoms with Gasteiger partial charge in [-0.2, -0.15) is 23.1 Å². The summed E-state index contributed by atoms with van der Waals surface area (Å²) in [5.74, 6) is 0.210. The molecule has 3 heterocycles. The Balaban J connectivity index is 1.54. The highest BCUT2D eigenvalue weighted by Crippen LogP contribution is 2.34. The van der Waals surface area contributed by atoms with Crippen molar-refractivity contribution in [2.75, 3.05) is 18.0 Å². The second kappa shape index (κ2) is 8.47. The van der Waals surface area contributed by atoms with Crippen molar-refractivity contribution < 1.29 is 17.6 Å². The van der Waals surface area contributed by atoms with Crippen LogP contribution in [-0.4, -0.2) is 33.7 Å². The number of aromatic nitrogens is 3. The van der Waals surface area contributed by atoms with Crippen LogP contribution in [0.2, 0.25) is 0 Å². The van der Waals surface area contributed by atoms with Crippen molar-refractivity contribution in [1.29, 1.82) is 0 Å². The summed E-state index contributed by atoms with van der Waals surface area (Å²) in [7, 11) is 0. The molecule has 0 unspecified atom stereocenters. The molecular weight excluding hydrogens is 446 g/mol. The average molecular weight is 465 g/mol. The number of benzene rings is 1. The molecule has 0 spiro atoms. The molecule has 1 aliphatic heterocycles. The molecule has 0 fully saturated rings. The Kier molecular flexibility index (Phi) is 5.87. The lowest BCUT2D eigenvalue weighted by molar-refractivity contribution is -0.134. The predicted molar refractivity (Wildman–Crippen MR) is 114 cm³/mol. The molecule has 4 rings (SSSR count). The van der Waals surface area contributed by atoms with Crippen molar-refractivity contribution in [3.05, 3.63) is 79.9 Å². The van der Waals surface area contributed by atoms with Crippen LogP contribution in [0, 0.1) is 12.7 Å². The first-order valence-electron chi connectivity index (χ1n) is 9.70. The van der Waals surface area contributed by atoms with E-state index in [2.05, 4.69) is 9.97 Å². The van der Waals surface area contributed by atoms with Gasteiger partial charge in [0.1, 0.15) is 16.5 Å². The maximum Gasteiger partial charge on any atom is 0.425 e. The van der Waals surface area contributed by atoms with Crippen LogP contribution in [0.15, 0.2) is 47.3 Å². The van der Waals surface area contributed by atoms with Crippen molar-refractivity contribution in [3.63, 3.8) is 0 Å². The minimum Gasteiger partial charge on any atom is -0.335 e. The van der Waals surface area contributed by atoms with Gasteiger partial charge in [0, 0.05) is 24.0 Å². The average Bonchev–Trinajstić information content (AvgIpc) is 3.21. The van der Waals surface area contributed by atoms with Crippen LogP contribution in [-0.2, 0) is 12.7 Å². The van der Waals surface area contributed by atoms with Crippen molar-refractivity contribution >= 4 is 22.9 Å². The van der Waals surface area contributed by atoms with Crippen LogP contribution in [0.25, 0.3) is 5.57 Å². The number of nitrogens with zero attached hydrogens (tertiary/aromatic N) is 4. The normalized spacial score (nSPS) is 16.9. The first-order valence-corrected chi connectivity index (χ1v) is 10.5. The number of rotatable bonds is 4. The number of thiophene rings is 1. The highest BCUT2D eigenvalue weighted by Gasteiger charge is 2.32. The third-order valence-electron chi connectivity index (χ3n) is 5.14. The van der Waals surface area contributed by atoms with E-state index in [0.717, 1.165) is 17.2 Å². The number of halogens is 4. The van der Waals surface area contributed by atoms with Crippen LogP contribution >= 0.6 is 11.3 Å². The monoisotopic (exact) mass is 465 g/mol. The molecule has 0 bridgehead atoms. The quantitative estimate of drug-likeness (QED) is 0.598. The zero-order valence-corrected chi connectivity index (χ0v) is 17.8. The Morgan fingerprint density at radius 1 is 1.16 bits per heavy atom. The molecule has 168 valence electrons. The van der Waals surface area contributed by atoms with E-state index < -0.39 is 22.8 Å². The topological polar surface area (TPSA) is 77.0 Å². The largest absolute Gasteiger partial charge is 0.425 e. The number of nitrogens with two attached hydrogens (primary N) is 1. The second-order valence-electron chi connectivity index (χ2n) is 7.38. The smallest absolute Gasteiger partial charge is 0.335 e. The van der Waals surface area contributed by atoms with Crippen LogP contribution in [0.4, 0.5) is 23.5 Å². The van der Waals surface area contributed by atoms with Crippen molar-refractivity contribution in [2.45, 2.75) is 25.7 Å². The summed E-state index contributed by atoms with van der Waals surface area (Å²) >= 11 is 0.585. The van der Waals surface area contributed by atoms with E-state index in [1.807, 2.05) is 6.08 Å². The summed E-state index contributed by atoms with van der Waals surface area (Å²) in [6.07, 6.45) is -2.54. The molecule has 2 N–H and O–H groups in total. The van der Waals surface area contributed by atoms with E-state index >= 15 is 0 Å². The van der Waals surface area contributed by atoms with Crippen LogP contribution in [0.5, 0.6) is 0 Å². The molecule has 1 atom stereocenters. The molecule has 0 amide bonds. The number of alkyl halides is 3. The second-order valence-corrected chi connectivity index (χ2v) is 8.55. The molecule has 3 aromatic rings. The fraction of sp³-hybridized carbons (Fsp3) is 0.286. The van der Waals surface area contributed by atoms with E-state index in [-0.39, 0.29) is 18.3 Å².